The molecule has 0 aliphatic heterocycles. The second-order valence-corrected chi connectivity index (χ2v) is 12.8. The van der Waals surface area contributed by atoms with E-state index in [2.05, 4.69) is 93.5 Å². The third-order valence-electron chi connectivity index (χ3n) is 9.43. The number of hydrogen-bond acceptors (Lipinski definition) is 4. The fourth-order valence-electron chi connectivity index (χ4n) is 7.10. The minimum Gasteiger partial charge on any atom is -0.504 e. The average Bonchev–Trinajstić information content (AvgIpc) is 3.78. The molecule has 6 aromatic carbocycles. The zero-order valence-electron chi connectivity index (χ0n) is 29.3. The van der Waals surface area contributed by atoms with E-state index in [1.807, 2.05) is 78.9 Å². The van der Waals surface area contributed by atoms with Gasteiger partial charge in [0.1, 0.15) is 11.5 Å². The summed E-state index contributed by atoms with van der Waals surface area (Å²) < 4.78 is 10.7. The normalized spacial score (nSPS) is 11.0. The van der Waals surface area contributed by atoms with Gasteiger partial charge in [0.15, 0.2) is 5.82 Å². The zero-order chi connectivity index (χ0) is 35.9. The summed E-state index contributed by atoms with van der Waals surface area (Å²) in [7, 11) is 0. The molecule has 9 rings (SSSR count). The van der Waals surface area contributed by atoms with Gasteiger partial charge in [0.2, 0.25) is 0 Å². The summed E-state index contributed by atoms with van der Waals surface area (Å²) in [6, 6.07) is 53.2. The number of aromatic nitrogens is 5. The predicted molar refractivity (Wildman–Crippen MR) is 210 cm³/mol. The van der Waals surface area contributed by atoms with E-state index in [0.717, 1.165) is 61.1 Å². The maximum absolute atomic E-state index is 8.02. The van der Waals surface area contributed by atoms with Gasteiger partial charge in [-0.05, 0) is 59.7 Å². The van der Waals surface area contributed by atoms with E-state index in [9.17, 15) is 0 Å². The molecule has 7 nitrogen and oxygen atoms in total. The molecule has 0 amide bonds. The van der Waals surface area contributed by atoms with Crippen molar-refractivity contribution in [3.05, 3.63) is 180 Å². The number of fused-ring (bicyclic) bond motifs is 3. The molecule has 0 fully saturated rings. The summed E-state index contributed by atoms with van der Waals surface area (Å²) in [4.78, 5) is 8.46. The van der Waals surface area contributed by atoms with Crippen LogP contribution in [0.25, 0.3) is 72.1 Å². The van der Waals surface area contributed by atoms with Crippen molar-refractivity contribution in [1.29, 1.82) is 0 Å². The van der Waals surface area contributed by atoms with E-state index in [1.54, 1.807) is 18.3 Å². The fourth-order valence-corrected chi connectivity index (χ4v) is 7.10. The van der Waals surface area contributed by atoms with Crippen molar-refractivity contribution in [3.63, 3.8) is 0 Å². The van der Waals surface area contributed by atoms with Crippen molar-refractivity contribution in [2.45, 2.75) is 13.8 Å². The first-order valence-corrected chi connectivity index (χ1v) is 17.2. The zero-order valence-corrected chi connectivity index (χ0v) is 31.5. The maximum Gasteiger partial charge on any atom is 2.00 e. The van der Waals surface area contributed by atoms with E-state index in [-0.39, 0.29) is 21.1 Å². The summed E-state index contributed by atoms with van der Waals surface area (Å²) in [5.74, 6) is 2.86. The molecule has 0 radical (unpaired) electrons. The number of benzene rings is 6. The van der Waals surface area contributed by atoms with E-state index < -0.39 is 0 Å². The van der Waals surface area contributed by atoms with Gasteiger partial charge >= 0.3 is 21.1 Å². The number of pyridine rings is 1. The minimum absolute atomic E-state index is 0. The van der Waals surface area contributed by atoms with Crippen LogP contribution in [-0.2, 0) is 21.1 Å². The topological polar surface area (TPSA) is 62.1 Å². The Labute approximate surface area is 327 Å². The summed E-state index contributed by atoms with van der Waals surface area (Å²) in [6.45, 7) is 12.2. The first-order valence-electron chi connectivity index (χ1n) is 17.2. The van der Waals surface area contributed by atoms with Crippen LogP contribution in [0, 0.1) is 32.6 Å². The number of rotatable bonds is 7. The summed E-state index contributed by atoms with van der Waals surface area (Å²) >= 11 is 0. The molecule has 0 saturated carbocycles. The first kappa shape index (κ1) is 34.5. The van der Waals surface area contributed by atoms with Gasteiger partial charge in [-0.1, -0.05) is 115 Å². The molecule has 54 heavy (non-hydrogen) atoms. The van der Waals surface area contributed by atoms with Crippen LogP contribution in [0.5, 0.6) is 11.5 Å². The van der Waals surface area contributed by atoms with Crippen molar-refractivity contribution in [1.82, 2.24) is 24.3 Å². The van der Waals surface area contributed by atoms with Crippen LogP contribution in [-0.4, -0.2) is 24.3 Å². The van der Waals surface area contributed by atoms with Gasteiger partial charge in [0.05, 0.1) is 12.4 Å². The number of ether oxygens (including phenoxy) is 1. The quantitative estimate of drug-likeness (QED) is 0.150. The summed E-state index contributed by atoms with van der Waals surface area (Å²) in [6.07, 6.45) is 1.78. The van der Waals surface area contributed by atoms with Crippen LogP contribution in [0.15, 0.2) is 146 Å². The van der Waals surface area contributed by atoms with Crippen molar-refractivity contribution in [2.24, 2.45) is 0 Å². The van der Waals surface area contributed by atoms with Gasteiger partial charge in [0.25, 0.3) is 0 Å². The molecule has 0 aliphatic carbocycles. The maximum atomic E-state index is 8.02. The molecule has 0 atom stereocenters. The van der Waals surface area contributed by atoms with Crippen LogP contribution < -0.4 is 4.74 Å². The number of nitrogens with zero attached hydrogens (tertiary/aromatic N) is 6. The molecule has 0 bridgehead atoms. The molecule has 8 heteroatoms. The fraction of sp³-hybridized carbons (Fsp3) is 0.0435. The Morgan fingerprint density at radius 1 is 0.630 bits per heavy atom. The Hall–Kier alpha value is -6.61. The van der Waals surface area contributed by atoms with Crippen molar-refractivity contribution in [2.75, 3.05) is 0 Å². The second kappa shape index (κ2) is 14.4. The molecule has 0 spiro atoms. The third kappa shape index (κ3) is 6.07. The molecule has 260 valence electrons. The van der Waals surface area contributed by atoms with Gasteiger partial charge < -0.3 is 13.9 Å². The van der Waals surface area contributed by atoms with Gasteiger partial charge in [-0.3, -0.25) is 4.85 Å². The van der Waals surface area contributed by atoms with Crippen LogP contribution in [0.2, 0.25) is 0 Å². The number of aryl methyl sites for hydroxylation is 2. The Bertz CT molecular complexity index is 2830. The number of hydrogen-bond donors (Lipinski definition) is 0. The molecule has 0 N–H and O–H groups in total. The van der Waals surface area contributed by atoms with Crippen LogP contribution >= 0.6 is 0 Å². The largest absolute Gasteiger partial charge is 2.00 e. The van der Waals surface area contributed by atoms with Crippen molar-refractivity contribution < 1.29 is 25.8 Å². The Morgan fingerprint density at radius 2 is 1.35 bits per heavy atom. The molecular weight excluding hydrogens is 848 g/mol. The standard InChI is InChI=1S/C46H30N6O.Pt/c1-30-14-13-15-31(2)44(30)52-45(49-50-46(52)40-20-8-7-18-37(40)32-16-5-4-6-17-32)33-26-34(47-3)28-36(27-33)53-35-23-24-39-38-19-9-10-21-41(38)51(42(39)29-35)43-22-11-12-25-48-43;/h4-26,28H,1-2H3;/q-2;+2. The van der Waals surface area contributed by atoms with E-state index in [0.29, 0.717) is 34.4 Å². The predicted octanol–water partition coefficient (Wildman–Crippen LogP) is 11.3. The molecule has 9 aromatic rings. The Kier molecular flexibility index (Phi) is 9.21. The minimum atomic E-state index is 0. The van der Waals surface area contributed by atoms with Gasteiger partial charge in [-0.2, -0.15) is 11.2 Å². The SMILES string of the molecule is [C-]#[N+]c1cc(Oc2[c-]c3c(cc2)c2ccccc2n3-c2ccccn2)[c-]c(-c2nnc(-c3ccccc3-c3ccccc3)n2-c2c(C)cccc2C)c1.[Pt+2]. The molecular formula is C46H30N6OPt. The smallest absolute Gasteiger partial charge is 0.504 e. The Morgan fingerprint density at radius 3 is 2.13 bits per heavy atom. The van der Waals surface area contributed by atoms with E-state index in [1.165, 1.54) is 0 Å². The third-order valence-corrected chi connectivity index (χ3v) is 9.43. The van der Waals surface area contributed by atoms with Crippen LogP contribution in [0.1, 0.15) is 11.1 Å². The van der Waals surface area contributed by atoms with E-state index >= 15 is 0 Å². The van der Waals surface area contributed by atoms with Crippen molar-refractivity contribution >= 4 is 27.5 Å². The molecule has 0 aliphatic rings. The molecule has 0 unspecified atom stereocenters. The van der Waals surface area contributed by atoms with Crippen molar-refractivity contribution in [3.8, 4) is 56.9 Å². The Balaban J connectivity index is 0.00000413. The van der Waals surface area contributed by atoms with Gasteiger partial charge in [-0.15, -0.1) is 34.2 Å². The van der Waals surface area contributed by atoms with Gasteiger partial charge in [0, 0.05) is 34.5 Å². The van der Waals surface area contributed by atoms with Crippen LogP contribution in [0.4, 0.5) is 5.69 Å². The average molecular weight is 878 g/mol. The van der Waals surface area contributed by atoms with Gasteiger partial charge in [-0.25, -0.2) is 4.98 Å². The summed E-state index contributed by atoms with van der Waals surface area (Å²) in [5.41, 5.74) is 8.97. The molecule has 0 saturated heterocycles. The monoisotopic (exact) mass is 877 g/mol. The second-order valence-electron chi connectivity index (χ2n) is 12.8. The summed E-state index contributed by atoms with van der Waals surface area (Å²) in [5, 5.41) is 11.7. The number of para-hydroxylation sites is 2. The molecule has 3 aromatic heterocycles. The molecule has 3 heterocycles. The first-order chi connectivity index (χ1) is 26.1. The van der Waals surface area contributed by atoms with Crippen LogP contribution in [0.3, 0.4) is 0 Å². The van der Waals surface area contributed by atoms with E-state index in [4.69, 9.17) is 21.5 Å².